The number of hydrogen-bond acceptors (Lipinski definition) is 4. The fourth-order valence-electron chi connectivity index (χ4n) is 2.58. The molecular weight excluding hydrogens is 324 g/mol. The van der Waals surface area contributed by atoms with Crippen molar-refractivity contribution in [2.45, 2.75) is 35.3 Å². The average molecular weight is 345 g/mol. The van der Waals surface area contributed by atoms with E-state index >= 15 is 0 Å². The molecule has 0 saturated heterocycles. The molecule has 1 saturated carbocycles. The first-order valence-electron chi connectivity index (χ1n) is 6.83. The molecule has 0 radical (unpaired) electrons. The molecule has 1 aliphatic rings. The van der Waals surface area contributed by atoms with E-state index < -0.39 is 10.0 Å². The lowest BCUT2D eigenvalue weighted by Crippen LogP contribution is -2.38. The van der Waals surface area contributed by atoms with Crippen molar-refractivity contribution in [3.8, 4) is 0 Å². The Bertz CT molecular complexity index is 606. The maximum absolute atomic E-state index is 12.3. The zero-order valence-corrected chi connectivity index (χ0v) is 14.4. The van der Waals surface area contributed by atoms with Crippen LogP contribution in [0.5, 0.6) is 0 Å². The molecule has 0 amide bonds. The average Bonchev–Trinajstić information content (AvgIpc) is 2.95. The number of thioether (sulfide) groups is 1. The van der Waals surface area contributed by atoms with E-state index in [0.717, 1.165) is 12.8 Å². The molecule has 3 N–H and O–H groups in total. The Hall–Kier alpha value is -0.630. The van der Waals surface area contributed by atoms with Crippen LogP contribution in [0.4, 0.5) is 0 Å². The maximum atomic E-state index is 12.3. The summed E-state index contributed by atoms with van der Waals surface area (Å²) in [5.74, 6) is 0. The molecular formula is C14H20N2O2S3. The first kappa shape index (κ1) is 16.7. The lowest BCUT2D eigenvalue weighted by molar-refractivity contribution is 0.551. The fraction of sp³-hybridized carbons (Fsp3) is 0.500. The van der Waals surface area contributed by atoms with E-state index in [0.29, 0.717) is 12.1 Å². The summed E-state index contributed by atoms with van der Waals surface area (Å²) in [5, 5.41) is 0. The minimum Gasteiger partial charge on any atom is -0.389 e. The zero-order chi connectivity index (χ0) is 15.5. The number of hydrogen-bond donors (Lipinski definition) is 2. The summed E-state index contributed by atoms with van der Waals surface area (Å²) in [4.78, 5) is 0.510. The minimum atomic E-state index is -3.49. The van der Waals surface area contributed by atoms with E-state index in [4.69, 9.17) is 18.0 Å². The number of thiocarbonyl (C=S) groups is 1. The first-order valence-corrected chi connectivity index (χ1v) is 9.95. The van der Waals surface area contributed by atoms with E-state index in [9.17, 15) is 8.42 Å². The van der Waals surface area contributed by atoms with Gasteiger partial charge >= 0.3 is 0 Å². The molecule has 0 aromatic heterocycles. The Morgan fingerprint density at radius 1 is 1.33 bits per heavy atom. The molecule has 4 nitrogen and oxygen atoms in total. The van der Waals surface area contributed by atoms with E-state index in [1.807, 2.05) is 0 Å². The lowest BCUT2D eigenvalue weighted by Gasteiger charge is -2.26. The Kier molecular flexibility index (Phi) is 5.29. The molecule has 1 fully saturated rings. The lowest BCUT2D eigenvalue weighted by atomic mass is 10.1. The van der Waals surface area contributed by atoms with Gasteiger partial charge in [0.25, 0.3) is 0 Å². The summed E-state index contributed by atoms with van der Waals surface area (Å²) in [6.07, 6.45) is 6.53. The van der Waals surface area contributed by atoms with Crippen LogP contribution in [-0.4, -0.2) is 31.0 Å². The molecule has 0 atom stereocenters. The van der Waals surface area contributed by atoms with Gasteiger partial charge in [-0.1, -0.05) is 37.2 Å². The highest BCUT2D eigenvalue weighted by Gasteiger charge is 2.34. The van der Waals surface area contributed by atoms with Crippen LogP contribution in [0, 0.1) is 0 Å². The Balaban J connectivity index is 2.09. The third-order valence-electron chi connectivity index (χ3n) is 3.98. The third-order valence-corrected chi connectivity index (χ3v) is 7.05. The van der Waals surface area contributed by atoms with Crippen LogP contribution < -0.4 is 10.5 Å². The number of nitrogens with one attached hydrogen (secondary N) is 1. The summed E-state index contributed by atoms with van der Waals surface area (Å²) in [5.41, 5.74) is 6.18. The van der Waals surface area contributed by atoms with E-state index in [2.05, 4.69) is 11.0 Å². The summed E-state index contributed by atoms with van der Waals surface area (Å²) < 4.78 is 27.5. The number of benzene rings is 1. The zero-order valence-electron chi connectivity index (χ0n) is 12.0. The van der Waals surface area contributed by atoms with Crippen molar-refractivity contribution in [3.05, 3.63) is 29.8 Å². The second kappa shape index (κ2) is 6.64. The van der Waals surface area contributed by atoms with E-state index in [1.54, 1.807) is 23.9 Å². The SMILES string of the molecule is CSC1(CNS(=O)(=O)c2ccc(C(N)=S)cc2)CCCC1. The van der Waals surface area contributed by atoms with Crippen molar-refractivity contribution in [1.82, 2.24) is 4.72 Å². The van der Waals surface area contributed by atoms with Crippen molar-refractivity contribution in [2.24, 2.45) is 5.73 Å². The highest BCUT2D eigenvalue weighted by atomic mass is 32.2. The predicted molar refractivity (Wildman–Crippen MR) is 92.2 cm³/mol. The van der Waals surface area contributed by atoms with Gasteiger partial charge in [0.15, 0.2) is 0 Å². The first-order chi connectivity index (χ1) is 9.88. The van der Waals surface area contributed by atoms with Crippen LogP contribution in [0.2, 0.25) is 0 Å². The Morgan fingerprint density at radius 2 is 1.90 bits per heavy atom. The molecule has 0 aliphatic heterocycles. The number of nitrogens with two attached hydrogens (primary N) is 1. The second-order valence-electron chi connectivity index (χ2n) is 5.31. The van der Waals surface area contributed by atoms with Crippen molar-refractivity contribution < 1.29 is 8.42 Å². The Morgan fingerprint density at radius 3 is 2.38 bits per heavy atom. The van der Waals surface area contributed by atoms with Crippen molar-refractivity contribution in [3.63, 3.8) is 0 Å². The largest absolute Gasteiger partial charge is 0.389 e. The summed E-state index contributed by atoms with van der Waals surface area (Å²) in [7, 11) is -3.49. The van der Waals surface area contributed by atoms with Gasteiger partial charge in [-0.15, -0.1) is 0 Å². The monoisotopic (exact) mass is 344 g/mol. The topological polar surface area (TPSA) is 72.2 Å². The summed E-state index contributed by atoms with van der Waals surface area (Å²) in [6, 6.07) is 6.35. The van der Waals surface area contributed by atoms with Gasteiger partial charge in [-0.2, -0.15) is 11.8 Å². The number of sulfonamides is 1. The maximum Gasteiger partial charge on any atom is 0.240 e. The van der Waals surface area contributed by atoms with Gasteiger partial charge in [-0.05, 0) is 31.2 Å². The van der Waals surface area contributed by atoms with Gasteiger partial charge in [-0.3, -0.25) is 0 Å². The molecule has 0 heterocycles. The van der Waals surface area contributed by atoms with Gasteiger partial charge in [0.1, 0.15) is 4.99 Å². The molecule has 2 rings (SSSR count). The standard InChI is InChI=1S/C14H20N2O2S3/c1-20-14(8-2-3-9-14)10-16-21(17,18)12-6-4-11(5-7-12)13(15)19/h4-7,16H,2-3,8-10H2,1H3,(H2,15,19). The predicted octanol–water partition coefficient (Wildman–Crippen LogP) is 2.27. The molecule has 0 bridgehead atoms. The molecule has 7 heteroatoms. The van der Waals surface area contributed by atoms with Crippen LogP contribution in [0.15, 0.2) is 29.2 Å². The van der Waals surface area contributed by atoms with Gasteiger partial charge in [0, 0.05) is 16.9 Å². The summed E-state index contributed by atoms with van der Waals surface area (Å²) in [6.45, 7) is 0.480. The normalized spacial score (nSPS) is 17.8. The van der Waals surface area contributed by atoms with Crippen LogP contribution >= 0.6 is 24.0 Å². The molecule has 1 aromatic carbocycles. The third kappa shape index (κ3) is 3.97. The highest BCUT2D eigenvalue weighted by Crippen LogP contribution is 2.39. The quantitative estimate of drug-likeness (QED) is 0.775. The van der Waals surface area contributed by atoms with E-state index in [-0.39, 0.29) is 14.6 Å². The second-order valence-corrected chi connectivity index (χ2v) is 8.79. The minimum absolute atomic E-state index is 0.0475. The van der Waals surface area contributed by atoms with Crippen LogP contribution in [0.3, 0.4) is 0 Å². The molecule has 21 heavy (non-hydrogen) atoms. The van der Waals surface area contributed by atoms with Gasteiger partial charge in [0.2, 0.25) is 10.0 Å². The molecule has 1 aromatic rings. The molecule has 0 spiro atoms. The van der Waals surface area contributed by atoms with Crippen molar-refractivity contribution in [2.75, 3.05) is 12.8 Å². The fourth-order valence-corrected chi connectivity index (χ4v) is 4.85. The van der Waals surface area contributed by atoms with Crippen LogP contribution in [0.25, 0.3) is 0 Å². The van der Waals surface area contributed by atoms with E-state index in [1.165, 1.54) is 25.0 Å². The van der Waals surface area contributed by atoms with Crippen LogP contribution in [0.1, 0.15) is 31.2 Å². The van der Waals surface area contributed by atoms with Crippen molar-refractivity contribution >= 4 is 39.0 Å². The van der Waals surface area contributed by atoms with Gasteiger partial charge in [-0.25, -0.2) is 13.1 Å². The van der Waals surface area contributed by atoms with Gasteiger partial charge in [0.05, 0.1) is 4.90 Å². The van der Waals surface area contributed by atoms with Crippen molar-refractivity contribution in [1.29, 1.82) is 0 Å². The molecule has 0 unspecified atom stereocenters. The number of rotatable bonds is 6. The highest BCUT2D eigenvalue weighted by molar-refractivity contribution is 8.00. The summed E-state index contributed by atoms with van der Waals surface area (Å²) >= 11 is 6.62. The Labute approximate surface area is 135 Å². The molecule has 1 aliphatic carbocycles. The smallest absolute Gasteiger partial charge is 0.240 e. The molecule has 116 valence electrons. The van der Waals surface area contributed by atoms with Gasteiger partial charge < -0.3 is 5.73 Å². The van der Waals surface area contributed by atoms with Crippen LogP contribution in [-0.2, 0) is 10.0 Å².